The summed E-state index contributed by atoms with van der Waals surface area (Å²) >= 11 is 3.61. The molecular formula is C16H19BrO6. The third-order valence-corrected chi connectivity index (χ3v) is 9.33. The normalized spacial score (nSPS) is 72.9. The van der Waals surface area contributed by atoms with Gasteiger partial charge in [0.15, 0.2) is 11.9 Å². The Morgan fingerprint density at radius 1 is 1.30 bits per heavy atom. The van der Waals surface area contributed by atoms with Crippen molar-refractivity contribution in [3.8, 4) is 0 Å². The second-order valence-electron chi connectivity index (χ2n) is 8.69. The van der Waals surface area contributed by atoms with Gasteiger partial charge in [-0.3, -0.25) is 0 Å². The van der Waals surface area contributed by atoms with Crippen LogP contribution in [-0.2, 0) is 23.7 Å². The first-order valence-electron chi connectivity index (χ1n) is 8.21. The third-order valence-electron chi connectivity index (χ3n) is 8.22. The number of ether oxygens (including phenoxy) is 4. The minimum absolute atomic E-state index is 0.0478. The summed E-state index contributed by atoms with van der Waals surface area (Å²) in [6.07, 6.45) is -1.40. The smallest absolute Gasteiger partial charge is 0.342 e. The fourth-order valence-corrected chi connectivity index (χ4v) is 7.83. The maximum absolute atomic E-state index is 12.6. The highest BCUT2D eigenvalue weighted by Crippen LogP contribution is 2.83. The van der Waals surface area contributed by atoms with E-state index in [2.05, 4.69) is 29.8 Å². The van der Waals surface area contributed by atoms with Crippen LogP contribution >= 0.6 is 15.9 Å². The first-order chi connectivity index (χ1) is 10.7. The summed E-state index contributed by atoms with van der Waals surface area (Å²) in [6, 6.07) is 0. The molecule has 0 radical (unpaired) electrons. The van der Waals surface area contributed by atoms with Crippen molar-refractivity contribution in [2.45, 2.75) is 68.6 Å². The molecule has 23 heavy (non-hydrogen) atoms. The van der Waals surface area contributed by atoms with Gasteiger partial charge in [-0.25, -0.2) is 4.79 Å². The van der Waals surface area contributed by atoms with Crippen molar-refractivity contribution < 1.29 is 28.8 Å². The molecule has 0 aromatic heterocycles. The number of aliphatic hydroxyl groups is 1. The summed E-state index contributed by atoms with van der Waals surface area (Å²) in [7, 11) is 0. The van der Waals surface area contributed by atoms with Crippen LogP contribution in [0.5, 0.6) is 0 Å². The summed E-state index contributed by atoms with van der Waals surface area (Å²) in [5.74, 6) is -0.534. The largest absolute Gasteiger partial charge is 0.457 e. The van der Waals surface area contributed by atoms with Crippen molar-refractivity contribution in [2.24, 2.45) is 16.7 Å². The van der Waals surface area contributed by atoms with Crippen LogP contribution in [-0.4, -0.2) is 57.8 Å². The van der Waals surface area contributed by atoms with E-state index in [1.165, 1.54) is 0 Å². The summed E-state index contributed by atoms with van der Waals surface area (Å²) in [4.78, 5) is 12.6. The van der Waals surface area contributed by atoms with E-state index in [0.717, 1.165) is 0 Å². The maximum atomic E-state index is 12.6. The van der Waals surface area contributed by atoms with Crippen LogP contribution in [0.3, 0.4) is 0 Å². The molecule has 1 N–H and O–H groups in total. The molecular weight excluding hydrogens is 368 g/mol. The molecule has 0 amide bonds. The van der Waals surface area contributed by atoms with Gasteiger partial charge in [0, 0.05) is 17.7 Å². The predicted octanol–water partition coefficient (Wildman–Crippen LogP) is 0.735. The van der Waals surface area contributed by atoms with Crippen molar-refractivity contribution in [3.05, 3.63) is 0 Å². The molecule has 1 spiro atoms. The molecule has 7 unspecified atom stereocenters. The summed E-state index contributed by atoms with van der Waals surface area (Å²) < 4.78 is 24.9. The summed E-state index contributed by atoms with van der Waals surface area (Å²) in [5, 5.41) is 12.1. The third kappa shape index (κ3) is 0.911. The van der Waals surface area contributed by atoms with Crippen LogP contribution < -0.4 is 0 Å². The Morgan fingerprint density at radius 2 is 2.04 bits per heavy atom. The van der Waals surface area contributed by atoms with Crippen LogP contribution in [0.2, 0.25) is 0 Å². The van der Waals surface area contributed by atoms with E-state index in [1.54, 1.807) is 0 Å². The molecule has 6 rings (SSSR count). The van der Waals surface area contributed by atoms with Gasteiger partial charge >= 0.3 is 5.97 Å². The number of hydrogen-bond donors (Lipinski definition) is 1. The van der Waals surface area contributed by atoms with E-state index in [0.29, 0.717) is 11.8 Å². The highest BCUT2D eigenvalue weighted by Gasteiger charge is 2.98. The minimum atomic E-state index is -1.65. The van der Waals surface area contributed by atoms with Crippen molar-refractivity contribution in [1.82, 2.24) is 0 Å². The number of halogens is 1. The number of hydrogen-bond acceptors (Lipinski definition) is 6. The highest BCUT2D eigenvalue weighted by atomic mass is 79.9. The standard InChI is InChI=1S/C16H19BrO6/c1-12(5-17)8-7-9-14(3)15(23-12)4-6(16(14,19)10(18)22-9)20-11(21-7)13(8,15)2/h6-9,11,19H,4-5H2,1-3H3/t6?,7?,8?,9?,11-,12+,13?,14?,15?,16-/m0/s1. The molecule has 4 heterocycles. The average Bonchev–Trinajstić information content (AvgIpc) is 3.05. The Morgan fingerprint density at radius 3 is 2.74 bits per heavy atom. The lowest BCUT2D eigenvalue weighted by Gasteiger charge is -2.54. The molecule has 2 aliphatic carbocycles. The zero-order valence-electron chi connectivity index (χ0n) is 13.2. The Labute approximate surface area is 141 Å². The monoisotopic (exact) mass is 386 g/mol. The number of esters is 1. The van der Waals surface area contributed by atoms with E-state index >= 15 is 0 Å². The molecule has 0 aromatic rings. The van der Waals surface area contributed by atoms with E-state index in [9.17, 15) is 9.90 Å². The molecule has 10 atom stereocenters. The molecule has 0 aromatic carbocycles. The Kier molecular flexibility index (Phi) is 1.98. The Hall–Kier alpha value is -0.210. The molecule has 7 heteroatoms. The molecule has 6 nitrogen and oxygen atoms in total. The van der Waals surface area contributed by atoms with Gasteiger partial charge in [0.05, 0.1) is 22.0 Å². The van der Waals surface area contributed by atoms with Gasteiger partial charge in [0.25, 0.3) is 0 Å². The van der Waals surface area contributed by atoms with Crippen LogP contribution in [0.4, 0.5) is 0 Å². The topological polar surface area (TPSA) is 74.2 Å². The number of carbonyl (C=O) groups is 1. The number of alkyl halides is 1. The fraction of sp³-hybridized carbons (Fsp3) is 0.938. The molecule has 5 bridgehead atoms. The molecule has 6 aliphatic rings. The first-order valence-corrected chi connectivity index (χ1v) is 9.33. The lowest BCUT2D eigenvalue weighted by Crippen LogP contribution is -2.68. The predicted molar refractivity (Wildman–Crippen MR) is 78.7 cm³/mol. The summed E-state index contributed by atoms with van der Waals surface area (Å²) in [5.41, 5.74) is -4.04. The van der Waals surface area contributed by atoms with Gasteiger partial charge in [0.2, 0.25) is 0 Å². The van der Waals surface area contributed by atoms with Crippen LogP contribution in [0.1, 0.15) is 27.2 Å². The second kappa shape index (κ2) is 3.26. The SMILES string of the molecule is CC12C3C4O[C@@H]1OC1CC2(O[C@]3(C)CBr)C2(C)C4OC(=O)[C@@]12O. The van der Waals surface area contributed by atoms with E-state index in [-0.39, 0.29) is 12.0 Å². The Bertz CT molecular complexity index is 685. The van der Waals surface area contributed by atoms with Gasteiger partial charge in [-0.05, 0) is 13.8 Å². The molecule has 126 valence electrons. The molecule has 4 saturated heterocycles. The van der Waals surface area contributed by atoms with Crippen LogP contribution in [0, 0.1) is 16.7 Å². The average molecular weight is 387 g/mol. The van der Waals surface area contributed by atoms with Crippen molar-refractivity contribution >= 4 is 21.9 Å². The van der Waals surface area contributed by atoms with Crippen LogP contribution in [0.25, 0.3) is 0 Å². The molecule has 2 saturated carbocycles. The van der Waals surface area contributed by atoms with Crippen molar-refractivity contribution in [1.29, 1.82) is 0 Å². The number of carbonyl (C=O) groups excluding carboxylic acids is 1. The van der Waals surface area contributed by atoms with Gasteiger partial charge < -0.3 is 24.1 Å². The van der Waals surface area contributed by atoms with Gasteiger partial charge in [-0.15, -0.1) is 0 Å². The lowest BCUT2D eigenvalue weighted by atomic mass is 9.48. The molecule has 6 fully saturated rings. The zero-order chi connectivity index (χ0) is 16.2. The summed E-state index contributed by atoms with van der Waals surface area (Å²) in [6.45, 7) is 6.16. The van der Waals surface area contributed by atoms with Gasteiger partial charge in [-0.2, -0.15) is 0 Å². The first kappa shape index (κ1) is 14.0. The zero-order valence-corrected chi connectivity index (χ0v) is 14.8. The fourth-order valence-electron chi connectivity index (χ4n) is 7.37. The molecule has 4 aliphatic heterocycles. The second-order valence-corrected chi connectivity index (χ2v) is 9.25. The van der Waals surface area contributed by atoms with E-state index in [1.807, 2.05) is 6.92 Å². The highest BCUT2D eigenvalue weighted by molar-refractivity contribution is 9.09. The van der Waals surface area contributed by atoms with Crippen molar-refractivity contribution in [3.63, 3.8) is 0 Å². The van der Waals surface area contributed by atoms with E-state index in [4.69, 9.17) is 18.9 Å². The van der Waals surface area contributed by atoms with Gasteiger partial charge in [0.1, 0.15) is 18.3 Å². The minimum Gasteiger partial charge on any atom is -0.457 e. The number of fused-ring (bicyclic) bond motifs is 3. The Balaban J connectivity index is 1.74. The van der Waals surface area contributed by atoms with Crippen molar-refractivity contribution in [2.75, 3.05) is 5.33 Å². The number of rotatable bonds is 1. The maximum Gasteiger partial charge on any atom is 0.342 e. The van der Waals surface area contributed by atoms with E-state index < -0.39 is 52.1 Å². The quantitative estimate of drug-likeness (QED) is 0.529. The van der Waals surface area contributed by atoms with Gasteiger partial charge in [-0.1, -0.05) is 22.9 Å². The van der Waals surface area contributed by atoms with Crippen LogP contribution in [0.15, 0.2) is 0 Å². The lowest BCUT2D eigenvalue weighted by molar-refractivity contribution is -0.267.